The maximum Gasteiger partial charge on any atom is 0.410 e. The Morgan fingerprint density at radius 2 is 2.14 bits per heavy atom. The molecule has 0 fully saturated rings. The number of amides is 2. The number of carbonyl (C=O) groups excluding carboxylic acids is 2. The van der Waals surface area contributed by atoms with E-state index in [1.54, 1.807) is 36.5 Å². The van der Waals surface area contributed by atoms with E-state index in [1.165, 1.54) is 17.4 Å². The molecular weight excluding hydrogens is 464 g/mol. The van der Waals surface area contributed by atoms with E-state index in [0.29, 0.717) is 36.5 Å². The van der Waals surface area contributed by atoms with Crippen LogP contribution in [0.3, 0.4) is 0 Å². The number of rotatable bonds is 7. The Balaban J connectivity index is 1.36. The molecule has 2 aromatic heterocycles. The normalized spacial score (nSPS) is 12.6. The zero-order chi connectivity index (χ0) is 24.6. The zero-order valence-corrected chi connectivity index (χ0v) is 20.0. The van der Waals surface area contributed by atoms with Gasteiger partial charge in [-0.1, -0.05) is 24.3 Å². The topological polar surface area (TPSA) is 105 Å². The Bertz CT molecular complexity index is 1280. The molecule has 0 unspecified atom stereocenters. The summed E-state index contributed by atoms with van der Waals surface area (Å²) in [7, 11) is 1.61. The van der Waals surface area contributed by atoms with Crippen LogP contribution in [0.25, 0.3) is 6.08 Å². The molecule has 8 nitrogen and oxygen atoms in total. The molecule has 0 spiro atoms. The number of pyridine rings is 1. The van der Waals surface area contributed by atoms with Gasteiger partial charge in [0.05, 0.1) is 25.8 Å². The lowest BCUT2D eigenvalue weighted by Crippen LogP contribution is -2.36. The number of benzene rings is 1. The molecule has 1 N–H and O–H groups in total. The smallest absolute Gasteiger partial charge is 0.410 e. The van der Waals surface area contributed by atoms with Gasteiger partial charge >= 0.3 is 6.09 Å². The van der Waals surface area contributed by atoms with E-state index in [2.05, 4.69) is 16.4 Å². The molecule has 4 rings (SSSR count). The SMILES string of the molecule is COc1ccccc1CCOC(=O)N1CCc2c(sc(NC(=O)/C=C/c3cccnc3)c2C#N)C1. The largest absolute Gasteiger partial charge is 0.496 e. The Labute approximate surface area is 207 Å². The monoisotopic (exact) mass is 488 g/mol. The molecule has 1 aromatic carbocycles. The number of aromatic nitrogens is 1. The summed E-state index contributed by atoms with van der Waals surface area (Å²) in [5.74, 6) is 0.426. The summed E-state index contributed by atoms with van der Waals surface area (Å²) in [4.78, 5) is 31.6. The van der Waals surface area contributed by atoms with Gasteiger partial charge in [-0.3, -0.25) is 9.78 Å². The van der Waals surface area contributed by atoms with Crippen molar-refractivity contribution < 1.29 is 19.1 Å². The fourth-order valence-corrected chi connectivity index (χ4v) is 5.03. The zero-order valence-electron chi connectivity index (χ0n) is 19.2. The number of nitrogens with zero attached hydrogens (tertiary/aromatic N) is 3. The van der Waals surface area contributed by atoms with Gasteiger partial charge < -0.3 is 19.7 Å². The van der Waals surface area contributed by atoms with E-state index in [1.807, 2.05) is 30.3 Å². The Kier molecular flexibility index (Phi) is 7.75. The van der Waals surface area contributed by atoms with Crippen LogP contribution in [0.2, 0.25) is 0 Å². The van der Waals surface area contributed by atoms with E-state index in [0.717, 1.165) is 27.3 Å². The quantitative estimate of drug-likeness (QED) is 0.494. The maximum absolute atomic E-state index is 12.6. The highest BCUT2D eigenvalue weighted by Crippen LogP contribution is 2.36. The third-order valence-corrected chi connectivity index (χ3v) is 6.70. The summed E-state index contributed by atoms with van der Waals surface area (Å²) in [5, 5.41) is 13.0. The molecule has 0 saturated heterocycles. The van der Waals surface area contributed by atoms with Crippen molar-refractivity contribution in [3.63, 3.8) is 0 Å². The molecule has 0 saturated carbocycles. The minimum Gasteiger partial charge on any atom is -0.496 e. The van der Waals surface area contributed by atoms with Crippen molar-refractivity contribution in [2.75, 3.05) is 25.6 Å². The molecule has 35 heavy (non-hydrogen) atoms. The molecule has 0 bridgehead atoms. The number of ether oxygens (including phenoxy) is 2. The predicted molar refractivity (Wildman–Crippen MR) is 133 cm³/mol. The van der Waals surface area contributed by atoms with Gasteiger partial charge in [0.2, 0.25) is 5.91 Å². The summed E-state index contributed by atoms with van der Waals surface area (Å²) >= 11 is 1.32. The van der Waals surface area contributed by atoms with Crippen molar-refractivity contribution >= 4 is 34.4 Å². The van der Waals surface area contributed by atoms with Crippen LogP contribution in [0, 0.1) is 11.3 Å². The fourth-order valence-electron chi connectivity index (χ4n) is 3.81. The van der Waals surface area contributed by atoms with Crippen LogP contribution in [-0.4, -0.2) is 42.1 Å². The molecule has 9 heteroatoms. The summed E-state index contributed by atoms with van der Waals surface area (Å²) in [6.07, 6.45) is 7.05. The summed E-state index contributed by atoms with van der Waals surface area (Å²) in [5.41, 5.74) is 3.10. The van der Waals surface area contributed by atoms with Gasteiger partial charge in [-0.25, -0.2) is 4.79 Å². The fraction of sp³-hybridized carbons (Fsp3) is 0.231. The second kappa shape index (κ2) is 11.3. The molecule has 178 valence electrons. The number of nitrogens with one attached hydrogen (secondary N) is 1. The lowest BCUT2D eigenvalue weighted by atomic mass is 10.0. The first-order chi connectivity index (χ1) is 17.1. The molecule has 0 aliphatic carbocycles. The predicted octanol–water partition coefficient (Wildman–Crippen LogP) is 4.41. The second-order valence-corrected chi connectivity index (χ2v) is 8.88. The molecule has 3 aromatic rings. The summed E-state index contributed by atoms with van der Waals surface area (Å²) in [6, 6.07) is 13.5. The number of para-hydroxylation sites is 1. The summed E-state index contributed by atoms with van der Waals surface area (Å²) < 4.78 is 10.8. The van der Waals surface area contributed by atoms with Gasteiger partial charge in [0.1, 0.15) is 16.8 Å². The number of carbonyl (C=O) groups is 2. The number of nitriles is 1. The van der Waals surface area contributed by atoms with E-state index in [9.17, 15) is 14.9 Å². The third-order valence-electron chi connectivity index (χ3n) is 5.56. The van der Waals surface area contributed by atoms with Crippen LogP contribution < -0.4 is 10.1 Å². The average Bonchev–Trinajstić information content (AvgIpc) is 3.24. The molecule has 1 aliphatic rings. The van der Waals surface area contributed by atoms with Crippen LogP contribution in [0.1, 0.15) is 27.1 Å². The Morgan fingerprint density at radius 3 is 2.91 bits per heavy atom. The second-order valence-electron chi connectivity index (χ2n) is 7.78. The highest BCUT2D eigenvalue weighted by atomic mass is 32.1. The lowest BCUT2D eigenvalue weighted by molar-refractivity contribution is -0.111. The molecule has 0 radical (unpaired) electrons. The van der Waals surface area contributed by atoms with Crippen molar-refractivity contribution in [1.29, 1.82) is 5.26 Å². The molecular formula is C26H24N4O4S. The van der Waals surface area contributed by atoms with Gasteiger partial charge in [-0.15, -0.1) is 11.3 Å². The number of methoxy groups -OCH3 is 1. The minimum atomic E-state index is -0.401. The van der Waals surface area contributed by atoms with Crippen molar-refractivity contribution in [1.82, 2.24) is 9.88 Å². The van der Waals surface area contributed by atoms with E-state index >= 15 is 0 Å². The van der Waals surface area contributed by atoms with Crippen LogP contribution in [0.15, 0.2) is 54.9 Å². The highest BCUT2D eigenvalue weighted by molar-refractivity contribution is 7.16. The van der Waals surface area contributed by atoms with Crippen LogP contribution in [-0.2, 0) is 28.9 Å². The van der Waals surface area contributed by atoms with E-state index in [-0.39, 0.29) is 12.5 Å². The number of thiophene rings is 1. The number of hydrogen-bond acceptors (Lipinski definition) is 7. The van der Waals surface area contributed by atoms with Crippen molar-refractivity contribution in [3.8, 4) is 11.8 Å². The maximum atomic E-state index is 12.6. The minimum absolute atomic E-state index is 0.237. The van der Waals surface area contributed by atoms with Crippen molar-refractivity contribution in [2.45, 2.75) is 19.4 Å². The van der Waals surface area contributed by atoms with Gasteiger partial charge in [-0.2, -0.15) is 5.26 Å². The molecule has 1 aliphatic heterocycles. The van der Waals surface area contributed by atoms with Gasteiger partial charge in [0.15, 0.2) is 0 Å². The number of anilines is 1. The lowest BCUT2D eigenvalue weighted by Gasteiger charge is -2.26. The summed E-state index contributed by atoms with van der Waals surface area (Å²) in [6.45, 7) is 1.02. The van der Waals surface area contributed by atoms with E-state index < -0.39 is 6.09 Å². The van der Waals surface area contributed by atoms with Crippen LogP contribution >= 0.6 is 11.3 Å². The Hall–Kier alpha value is -4.16. The first kappa shape index (κ1) is 24.0. The van der Waals surface area contributed by atoms with Gasteiger partial charge in [-0.05, 0) is 41.3 Å². The number of fused-ring (bicyclic) bond motifs is 1. The first-order valence-corrected chi connectivity index (χ1v) is 11.9. The van der Waals surface area contributed by atoms with Crippen LogP contribution in [0.5, 0.6) is 5.75 Å². The average molecular weight is 489 g/mol. The molecule has 3 heterocycles. The van der Waals surface area contributed by atoms with Crippen molar-refractivity contribution in [2.24, 2.45) is 0 Å². The van der Waals surface area contributed by atoms with Crippen molar-refractivity contribution in [3.05, 3.63) is 82.0 Å². The Morgan fingerprint density at radius 1 is 1.29 bits per heavy atom. The van der Waals surface area contributed by atoms with E-state index in [4.69, 9.17) is 9.47 Å². The van der Waals surface area contributed by atoms with Gasteiger partial charge in [0, 0.05) is 36.3 Å². The highest BCUT2D eigenvalue weighted by Gasteiger charge is 2.28. The van der Waals surface area contributed by atoms with Crippen LogP contribution in [0.4, 0.5) is 9.80 Å². The number of hydrogen-bond donors (Lipinski definition) is 1. The van der Waals surface area contributed by atoms with Gasteiger partial charge in [0.25, 0.3) is 0 Å². The third kappa shape index (κ3) is 5.86. The molecule has 0 atom stereocenters. The first-order valence-electron chi connectivity index (χ1n) is 11.1. The standard InChI is InChI=1S/C26H24N4O4S/c1-33-22-7-3-2-6-19(22)11-14-34-26(32)30-13-10-20-21(15-27)25(35-23(20)17-30)29-24(31)9-8-18-5-4-12-28-16-18/h2-9,12,16H,10-11,13-14,17H2,1H3,(H,29,31)/b9-8+. The molecule has 2 amide bonds.